The van der Waals surface area contributed by atoms with Gasteiger partial charge in [0.2, 0.25) is 17.7 Å². The van der Waals surface area contributed by atoms with Crippen molar-refractivity contribution in [1.29, 1.82) is 0 Å². The smallest absolute Gasteiger partial charge is 0.247 e. The first-order chi connectivity index (χ1) is 13.3. The molecule has 0 radical (unpaired) electrons. The summed E-state index contributed by atoms with van der Waals surface area (Å²) < 4.78 is 5.69. The summed E-state index contributed by atoms with van der Waals surface area (Å²) in [6.07, 6.45) is 0. The predicted molar refractivity (Wildman–Crippen MR) is 110 cm³/mol. The normalized spacial score (nSPS) is 11.1. The number of hydrogen-bond acceptors (Lipinski definition) is 5. The van der Waals surface area contributed by atoms with Crippen LogP contribution < -0.4 is 5.32 Å². The molecule has 2 aromatic carbocycles. The number of nitrogens with zero attached hydrogens (tertiary/aromatic N) is 3. The van der Waals surface area contributed by atoms with Gasteiger partial charge in [-0.05, 0) is 63.2 Å². The SMILES string of the molecule is Cc1cc(C)c(NC(=O)CN(C)Cc2nnc(-c3ccc(Cl)cc3)o2)c(C)c1. The molecule has 0 fully saturated rings. The van der Waals surface area contributed by atoms with E-state index in [1.54, 1.807) is 12.1 Å². The summed E-state index contributed by atoms with van der Waals surface area (Å²) in [6.45, 7) is 6.62. The molecule has 1 aromatic heterocycles. The Hall–Kier alpha value is -2.70. The fourth-order valence-electron chi connectivity index (χ4n) is 3.11. The van der Waals surface area contributed by atoms with Gasteiger partial charge in [-0.15, -0.1) is 10.2 Å². The molecule has 0 bridgehead atoms. The van der Waals surface area contributed by atoms with E-state index < -0.39 is 0 Å². The second-order valence-corrected chi connectivity index (χ2v) is 7.44. The van der Waals surface area contributed by atoms with Crippen molar-refractivity contribution < 1.29 is 9.21 Å². The Labute approximate surface area is 169 Å². The Morgan fingerprint density at radius 2 is 1.75 bits per heavy atom. The zero-order valence-corrected chi connectivity index (χ0v) is 17.2. The number of rotatable bonds is 6. The number of amides is 1. The number of carbonyl (C=O) groups is 1. The van der Waals surface area contributed by atoms with Gasteiger partial charge in [0.25, 0.3) is 0 Å². The van der Waals surface area contributed by atoms with Crippen LogP contribution in [0, 0.1) is 20.8 Å². The van der Waals surface area contributed by atoms with Crippen molar-refractivity contribution in [2.75, 3.05) is 18.9 Å². The number of hydrogen-bond donors (Lipinski definition) is 1. The van der Waals surface area contributed by atoms with Crippen LogP contribution in [0.3, 0.4) is 0 Å². The first-order valence-electron chi connectivity index (χ1n) is 8.96. The summed E-state index contributed by atoms with van der Waals surface area (Å²) in [5.41, 5.74) is 4.95. The van der Waals surface area contributed by atoms with Crippen molar-refractivity contribution in [2.24, 2.45) is 0 Å². The van der Waals surface area contributed by atoms with E-state index >= 15 is 0 Å². The van der Waals surface area contributed by atoms with Gasteiger partial charge in [-0.25, -0.2) is 0 Å². The summed E-state index contributed by atoms with van der Waals surface area (Å²) in [7, 11) is 1.83. The highest BCUT2D eigenvalue weighted by Crippen LogP contribution is 2.22. The molecular weight excluding hydrogens is 376 g/mol. The van der Waals surface area contributed by atoms with Gasteiger partial charge in [0, 0.05) is 16.3 Å². The minimum Gasteiger partial charge on any atom is -0.419 e. The van der Waals surface area contributed by atoms with Gasteiger partial charge in [-0.1, -0.05) is 29.3 Å². The van der Waals surface area contributed by atoms with E-state index in [9.17, 15) is 4.79 Å². The molecule has 0 saturated carbocycles. The minimum atomic E-state index is -0.0880. The van der Waals surface area contributed by atoms with Crippen molar-refractivity contribution in [3.63, 3.8) is 0 Å². The molecule has 0 atom stereocenters. The lowest BCUT2D eigenvalue weighted by Crippen LogP contribution is -2.30. The van der Waals surface area contributed by atoms with E-state index in [0.717, 1.165) is 22.4 Å². The standard InChI is InChI=1S/C21H23ClN4O2/c1-13-9-14(2)20(15(3)10-13)23-18(27)11-26(4)12-19-24-25-21(28-19)16-5-7-17(22)8-6-16/h5-10H,11-12H2,1-4H3,(H,23,27). The zero-order valence-electron chi connectivity index (χ0n) is 16.4. The van der Waals surface area contributed by atoms with Crippen LogP contribution in [-0.2, 0) is 11.3 Å². The number of halogens is 1. The summed E-state index contributed by atoms with van der Waals surface area (Å²) >= 11 is 5.90. The minimum absolute atomic E-state index is 0.0880. The average Bonchev–Trinajstić information content (AvgIpc) is 3.07. The molecule has 146 valence electrons. The maximum Gasteiger partial charge on any atom is 0.247 e. The van der Waals surface area contributed by atoms with Crippen molar-refractivity contribution in [3.8, 4) is 11.5 Å². The van der Waals surface area contributed by atoms with Gasteiger partial charge < -0.3 is 9.73 Å². The van der Waals surface area contributed by atoms with Gasteiger partial charge in [0.15, 0.2) is 0 Å². The Morgan fingerprint density at radius 3 is 2.39 bits per heavy atom. The quantitative estimate of drug-likeness (QED) is 0.666. The molecule has 1 N–H and O–H groups in total. The maximum atomic E-state index is 12.4. The lowest BCUT2D eigenvalue weighted by Gasteiger charge is -2.16. The van der Waals surface area contributed by atoms with Crippen LogP contribution in [-0.4, -0.2) is 34.6 Å². The third-order valence-corrected chi connectivity index (χ3v) is 4.57. The van der Waals surface area contributed by atoms with Crippen LogP contribution >= 0.6 is 11.6 Å². The summed E-state index contributed by atoms with van der Waals surface area (Å²) in [6, 6.07) is 11.3. The highest BCUT2D eigenvalue weighted by atomic mass is 35.5. The molecule has 28 heavy (non-hydrogen) atoms. The molecule has 6 nitrogen and oxygen atoms in total. The van der Waals surface area contributed by atoms with Crippen LogP contribution in [0.4, 0.5) is 5.69 Å². The highest BCUT2D eigenvalue weighted by Gasteiger charge is 2.14. The fourth-order valence-corrected chi connectivity index (χ4v) is 3.24. The van der Waals surface area contributed by atoms with Gasteiger partial charge in [0.05, 0.1) is 13.1 Å². The number of anilines is 1. The summed E-state index contributed by atoms with van der Waals surface area (Å²) in [5.74, 6) is 0.786. The molecule has 0 aliphatic carbocycles. The van der Waals surface area contributed by atoms with Crippen molar-refractivity contribution in [1.82, 2.24) is 15.1 Å². The largest absolute Gasteiger partial charge is 0.419 e. The Morgan fingerprint density at radius 1 is 1.11 bits per heavy atom. The molecule has 7 heteroatoms. The van der Waals surface area contributed by atoms with E-state index in [4.69, 9.17) is 16.0 Å². The Balaban J connectivity index is 1.59. The number of nitrogens with one attached hydrogen (secondary N) is 1. The molecule has 3 rings (SSSR count). The van der Waals surface area contributed by atoms with E-state index in [1.165, 1.54) is 5.56 Å². The molecule has 1 amide bonds. The van der Waals surface area contributed by atoms with Crippen LogP contribution in [0.1, 0.15) is 22.6 Å². The summed E-state index contributed by atoms with van der Waals surface area (Å²) in [5, 5.41) is 11.8. The van der Waals surface area contributed by atoms with Gasteiger partial charge in [0.1, 0.15) is 0 Å². The second kappa shape index (κ2) is 8.54. The van der Waals surface area contributed by atoms with Gasteiger partial charge in [-0.2, -0.15) is 0 Å². The molecule has 0 aliphatic rings. The van der Waals surface area contributed by atoms with Crippen LogP contribution in [0.2, 0.25) is 5.02 Å². The third kappa shape index (κ3) is 4.97. The first-order valence-corrected chi connectivity index (χ1v) is 9.34. The topological polar surface area (TPSA) is 71.3 Å². The molecule has 0 aliphatic heterocycles. The van der Waals surface area contributed by atoms with Crippen molar-refractivity contribution in [2.45, 2.75) is 27.3 Å². The lowest BCUT2D eigenvalue weighted by atomic mass is 10.1. The van der Waals surface area contributed by atoms with E-state index in [1.807, 2.05) is 44.9 Å². The van der Waals surface area contributed by atoms with Crippen molar-refractivity contribution >= 4 is 23.2 Å². The molecule has 1 heterocycles. The molecule has 0 spiro atoms. The third-order valence-electron chi connectivity index (χ3n) is 4.32. The molecule has 0 unspecified atom stereocenters. The number of aromatic nitrogens is 2. The maximum absolute atomic E-state index is 12.4. The number of benzene rings is 2. The zero-order chi connectivity index (χ0) is 20.3. The van der Waals surface area contributed by atoms with E-state index in [-0.39, 0.29) is 12.5 Å². The van der Waals surface area contributed by atoms with Crippen LogP contribution in [0.15, 0.2) is 40.8 Å². The first kappa shape index (κ1) is 20.0. The second-order valence-electron chi connectivity index (χ2n) is 7.00. The van der Waals surface area contributed by atoms with Gasteiger partial charge >= 0.3 is 0 Å². The number of aryl methyl sites for hydroxylation is 3. The van der Waals surface area contributed by atoms with Gasteiger partial charge in [-0.3, -0.25) is 9.69 Å². The molecule has 3 aromatic rings. The fraction of sp³-hybridized carbons (Fsp3) is 0.286. The number of carbonyl (C=O) groups excluding carboxylic acids is 1. The summed E-state index contributed by atoms with van der Waals surface area (Å²) in [4.78, 5) is 14.3. The van der Waals surface area contributed by atoms with Crippen LogP contribution in [0.5, 0.6) is 0 Å². The lowest BCUT2D eigenvalue weighted by molar-refractivity contribution is -0.117. The van der Waals surface area contributed by atoms with Crippen LogP contribution in [0.25, 0.3) is 11.5 Å². The number of likely N-dealkylation sites (N-methyl/N-ethyl adjacent to an activating group) is 1. The molecular formula is C21H23ClN4O2. The highest BCUT2D eigenvalue weighted by molar-refractivity contribution is 6.30. The van der Waals surface area contributed by atoms with E-state index in [0.29, 0.717) is 23.3 Å². The monoisotopic (exact) mass is 398 g/mol. The Kier molecular flexibility index (Phi) is 6.11. The molecule has 0 saturated heterocycles. The average molecular weight is 399 g/mol. The van der Waals surface area contributed by atoms with Crippen molar-refractivity contribution in [3.05, 3.63) is 64.0 Å². The predicted octanol–water partition coefficient (Wildman–Crippen LogP) is 4.39. The van der Waals surface area contributed by atoms with E-state index in [2.05, 4.69) is 27.6 Å². The Bertz CT molecular complexity index is 959.